The van der Waals surface area contributed by atoms with Crippen LogP contribution in [0.3, 0.4) is 0 Å². The molecule has 3 heteroatoms. The zero-order valence-corrected chi connectivity index (χ0v) is 11.3. The van der Waals surface area contributed by atoms with E-state index in [-0.39, 0.29) is 17.1 Å². The van der Waals surface area contributed by atoms with Gasteiger partial charge in [0.1, 0.15) is 0 Å². The summed E-state index contributed by atoms with van der Waals surface area (Å²) >= 11 is 0. The smallest absolute Gasteiger partial charge is 0.193 e. The number of rotatable bonds is 2. The Kier molecular flexibility index (Phi) is 11.4. The van der Waals surface area contributed by atoms with E-state index in [0.717, 1.165) is 11.8 Å². The maximum absolute atomic E-state index is 8.13. The first-order valence-electron chi connectivity index (χ1n) is 5.42. The molecule has 19 heavy (non-hydrogen) atoms. The molecule has 2 fully saturated rings. The minimum absolute atomic E-state index is 0. The van der Waals surface area contributed by atoms with Crippen LogP contribution in [0.15, 0.2) is 24.3 Å². The molecule has 0 saturated heterocycles. The van der Waals surface area contributed by atoms with Crippen LogP contribution in [-0.4, -0.2) is 0 Å². The van der Waals surface area contributed by atoms with E-state index in [2.05, 4.69) is 0 Å². The summed E-state index contributed by atoms with van der Waals surface area (Å²) in [5.74, 6) is 2.16. The number of hydrogen-bond donors (Lipinski definition) is 0. The molecular weight excluding hydrogens is 276 g/mol. The van der Waals surface area contributed by atoms with E-state index < -0.39 is 0 Å². The van der Waals surface area contributed by atoms with Crippen LogP contribution in [0.5, 0.6) is 0 Å². The third-order valence-electron chi connectivity index (χ3n) is 2.08. The van der Waals surface area contributed by atoms with Gasteiger partial charge in [0.05, 0.1) is 12.1 Å². The molecule has 2 rings (SSSR count). The molecule has 2 nitrogen and oxygen atoms in total. The average Bonchev–Trinajstić information content (AvgIpc) is 3.07. The van der Waals surface area contributed by atoms with Gasteiger partial charge in [-0.15, -0.1) is 0 Å². The topological polar surface area (TPSA) is 47.6 Å². The second kappa shape index (κ2) is 12.0. The minimum Gasteiger partial charge on any atom is -0.193 e. The monoisotopic (exact) mass is 288 g/mol. The Labute approximate surface area is 127 Å². The molecule has 2 saturated carbocycles. The first-order chi connectivity index (χ1) is 8.86. The fourth-order valence-corrected chi connectivity index (χ4v) is 1.27. The van der Waals surface area contributed by atoms with Gasteiger partial charge in [-0.2, -0.15) is 10.5 Å². The van der Waals surface area contributed by atoms with E-state index in [1.807, 2.05) is 63.5 Å². The van der Waals surface area contributed by atoms with Gasteiger partial charge >= 0.3 is 17.1 Å². The zero-order chi connectivity index (χ0) is 13.1. The van der Waals surface area contributed by atoms with Crippen molar-refractivity contribution in [3.63, 3.8) is 0 Å². The van der Waals surface area contributed by atoms with Gasteiger partial charge in [-0.3, -0.25) is 0 Å². The fourth-order valence-electron chi connectivity index (χ4n) is 1.27. The van der Waals surface area contributed by atoms with Crippen LogP contribution in [0, 0.1) is 85.9 Å². The number of nitriles is 2. The van der Waals surface area contributed by atoms with Gasteiger partial charge in [-0.1, -0.05) is 12.2 Å². The predicted molar refractivity (Wildman–Crippen MR) is 70.4 cm³/mol. The SMILES string of the molecule is N#C/C=C/[C]1[CH][CH][CH][CH]1.N#C/C=C/[C]1[CH][CH][CH][CH]1.[Fe+2]. The van der Waals surface area contributed by atoms with Crippen LogP contribution in [0.1, 0.15) is 0 Å². The Bertz CT molecular complexity index is 312. The summed E-state index contributed by atoms with van der Waals surface area (Å²) in [4.78, 5) is 0. The third kappa shape index (κ3) is 8.66. The van der Waals surface area contributed by atoms with E-state index in [0.29, 0.717) is 0 Å². The second-order valence-electron chi connectivity index (χ2n) is 3.36. The van der Waals surface area contributed by atoms with E-state index in [9.17, 15) is 0 Å². The molecule has 0 aromatic carbocycles. The van der Waals surface area contributed by atoms with Crippen molar-refractivity contribution in [3.05, 3.63) is 87.5 Å². The molecule has 2 aliphatic rings. The number of nitrogens with zero attached hydrogens (tertiary/aromatic N) is 2. The number of hydrogen-bond acceptors (Lipinski definition) is 2. The van der Waals surface area contributed by atoms with Crippen LogP contribution in [0.25, 0.3) is 0 Å². The van der Waals surface area contributed by atoms with E-state index >= 15 is 0 Å². The molecule has 0 spiro atoms. The Morgan fingerprint density at radius 3 is 1.26 bits per heavy atom. The van der Waals surface area contributed by atoms with Crippen molar-refractivity contribution in [2.45, 2.75) is 0 Å². The normalized spacial score (nSPS) is 19.7. The first kappa shape index (κ1) is 18.0. The van der Waals surface area contributed by atoms with Gasteiger partial charge in [0.25, 0.3) is 0 Å². The summed E-state index contributed by atoms with van der Waals surface area (Å²) in [6.45, 7) is 0. The van der Waals surface area contributed by atoms with E-state index in [4.69, 9.17) is 10.5 Å². The molecule has 0 bridgehead atoms. The van der Waals surface area contributed by atoms with Gasteiger partial charge in [-0.05, 0) is 51.4 Å². The zero-order valence-electron chi connectivity index (χ0n) is 10.2. The van der Waals surface area contributed by atoms with Crippen LogP contribution >= 0.6 is 0 Å². The second-order valence-corrected chi connectivity index (χ2v) is 3.36. The van der Waals surface area contributed by atoms with Crippen LogP contribution in [0.4, 0.5) is 0 Å². The van der Waals surface area contributed by atoms with Crippen LogP contribution < -0.4 is 0 Å². The maximum Gasteiger partial charge on any atom is 2.00 e. The average molecular weight is 288 g/mol. The predicted octanol–water partition coefficient (Wildman–Crippen LogP) is 2.94. The maximum atomic E-state index is 8.13. The number of allylic oxidation sites excluding steroid dienone is 4. The molecular formula is C16H12FeN2+2. The summed E-state index contributed by atoms with van der Waals surface area (Å²) in [5, 5.41) is 16.3. The van der Waals surface area contributed by atoms with E-state index in [1.165, 1.54) is 12.2 Å². The standard InChI is InChI=1S/2C8H6N.Fe/c2*9-7-3-6-8-4-1-2-5-8;/h2*1-6H;/q;;+2/b2*6-3+;. The molecule has 2 aliphatic carbocycles. The Hall–Kier alpha value is -1.02. The molecule has 0 aromatic rings. The molecule has 0 amide bonds. The molecule has 0 aliphatic heterocycles. The minimum atomic E-state index is 0. The molecule has 0 aromatic heterocycles. The molecule has 0 atom stereocenters. The van der Waals surface area contributed by atoms with Gasteiger partial charge in [0, 0.05) is 24.0 Å². The summed E-state index contributed by atoms with van der Waals surface area (Å²) in [6.07, 6.45) is 22.1. The Morgan fingerprint density at radius 1 is 0.684 bits per heavy atom. The summed E-state index contributed by atoms with van der Waals surface area (Å²) in [7, 11) is 0. The van der Waals surface area contributed by atoms with Crippen molar-refractivity contribution in [3.8, 4) is 12.1 Å². The molecule has 10 radical (unpaired) electrons. The van der Waals surface area contributed by atoms with Crippen LogP contribution in [0.2, 0.25) is 0 Å². The van der Waals surface area contributed by atoms with Crippen molar-refractivity contribution in [1.29, 1.82) is 10.5 Å². The van der Waals surface area contributed by atoms with Crippen molar-refractivity contribution in [2.75, 3.05) is 0 Å². The molecule has 0 unspecified atom stereocenters. The van der Waals surface area contributed by atoms with Gasteiger partial charge in [-0.25, -0.2) is 0 Å². The third-order valence-corrected chi connectivity index (χ3v) is 2.08. The van der Waals surface area contributed by atoms with Crippen molar-refractivity contribution < 1.29 is 17.1 Å². The van der Waals surface area contributed by atoms with Gasteiger partial charge < -0.3 is 0 Å². The van der Waals surface area contributed by atoms with Crippen molar-refractivity contribution in [1.82, 2.24) is 0 Å². The van der Waals surface area contributed by atoms with E-state index in [1.54, 1.807) is 12.2 Å². The van der Waals surface area contributed by atoms with Crippen molar-refractivity contribution in [2.24, 2.45) is 0 Å². The fraction of sp³-hybridized carbons (Fsp3) is 0. The molecule has 0 N–H and O–H groups in total. The Morgan fingerprint density at radius 2 is 1.00 bits per heavy atom. The Balaban J connectivity index is 0.000000324. The van der Waals surface area contributed by atoms with Crippen LogP contribution in [-0.2, 0) is 17.1 Å². The summed E-state index contributed by atoms with van der Waals surface area (Å²) in [6, 6.07) is 3.85. The molecule has 92 valence electrons. The van der Waals surface area contributed by atoms with Crippen molar-refractivity contribution >= 4 is 0 Å². The summed E-state index contributed by atoms with van der Waals surface area (Å²) in [5.41, 5.74) is 0. The summed E-state index contributed by atoms with van der Waals surface area (Å²) < 4.78 is 0. The first-order valence-corrected chi connectivity index (χ1v) is 5.42. The van der Waals surface area contributed by atoms with Gasteiger partial charge in [0.15, 0.2) is 0 Å². The quantitative estimate of drug-likeness (QED) is 0.579. The van der Waals surface area contributed by atoms with Gasteiger partial charge in [0.2, 0.25) is 0 Å². The molecule has 0 heterocycles. The largest absolute Gasteiger partial charge is 2.00 e.